The van der Waals surface area contributed by atoms with Gasteiger partial charge < -0.3 is 24.8 Å². The van der Waals surface area contributed by atoms with Crippen LogP contribution in [0.2, 0.25) is 0 Å². The molecule has 1 unspecified atom stereocenters. The Balaban J connectivity index is 0.00000272. The zero-order chi connectivity index (χ0) is 20.9. The highest BCUT2D eigenvalue weighted by Gasteiger charge is 2.25. The van der Waals surface area contributed by atoms with Crippen LogP contribution in [-0.2, 0) is 13.6 Å². The van der Waals surface area contributed by atoms with Crippen molar-refractivity contribution in [3.63, 3.8) is 0 Å². The molecule has 0 amide bonds. The van der Waals surface area contributed by atoms with Gasteiger partial charge in [0, 0.05) is 32.7 Å². The van der Waals surface area contributed by atoms with Crippen molar-refractivity contribution in [1.82, 2.24) is 20.2 Å². The van der Waals surface area contributed by atoms with Crippen molar-refractivity contribution >= 4 is 46.7 Å². The third-order valence-corrected chi connectivity index (χ3v) is 5.56. The molecule has 0 bridgehead atoms. The van der Waals surface area contributed by atoms with E-state index in [0.29, 0.717) is 12.6 Å². The lowest BCUT2D eigenvalue weighted by molar-refractivity contribution is 0.415. The standard InChI is InChI=1S/C23H30N6O.HI/c1-4-24-23(25-15-22-27-18-9-5-6-10-19(18)28(22)2)26-17-13-14-29(16-17)20-11-7-8-12-21(20)30-3;/h5-12,17H,4,13-16H2,1-3H3,(H2,24,25,26);1H. The van der Waals surface area contributed by atoms with Crippen LogP contribution in [-0.4, -0.2) is 48.3 Å². The summed E-state index contributed by atoms with van der Waals surface area (Å²) < 4.78 is 7.64. The molecule has 166 valence electrons. The maximum Gasteiger partial charge on any atom is 0.191 e. The second kappa shape index (κ2) is 10.7. The van der Waals surface area contributed by atoms with Crippen LogP contribution < -0.4 is 20.3 Å². The maximum atomic E-state index is 5.53. The van der Waals surface area contributed by atoms with Crippen molar-refractivity contribution in [2.75, 3.05) is 31.6 Å². The molecule has 3 aromatic rings. The first-order valence-electron chi connectivity index (χ1n) is 10.5. The fourth-order valence-electron chi connectivity index (χ4n) is 3.99. The van der Waals surface area contributed by atoms with Crippen molar-refractivity contribution in [2.45, 2.75) is 25.9 Å². The summed E-state index contributed by atoms with van der Waals surface area (Å²) in [6, 6.07) is 16.7. The predicted molar refractivity (Wildman–Crippen MR) is 138 cm³/mol. The first kappa shape index (κ1) is 23.2. The fourth-order valence-corrected chi connectivity index (χ4v) is 3.99. The smallest absolute Gasteiger partial charge is 0.191 e. The summed E-state index contributed by atoms with van der Waals surface area (Å²) in [6.07, 6.45) is 1.05. The Labute approximate surface area is 200 Å². The highest BCUT2D eigenvalue weighted by atomic mass is 127. The molecule has 2 heterocycles. The van der Waals surface area contributed by atoms with Crippen LogP contribution in [0.15, 0.2) is 53.5 Å². The third-order valence-electron chi connectivity index (χ3n) is 5.56. The average molecular weight is 534 g/mol. The Hall–Kier alpha value is -2.49. The molecule has 31 heavy (non-hydrogen) atoms. The molecule has 0 aliphatic carbocycles. The van der Waals surface area contributed by atoms with Crippen LogP contribution in [0.3, 0.4) is 0 Å². The quantitative estimate of drug-likeness (QED) is 0.288. The number of imidazole rings is 1. The largest absolute Gasteiger partial charge is 0.495 e. The molecular formula is C23H31IN6O. The van der Waals surface area contributed by atoms with Crippen molar-refractivity contribution in [3.8, 4) is 5.75 Å². The number of hydrogen-bond donors (Lipinski definition) is 2. The van der Waals surface area contributed by atoms with Crippen molar-refractivity contribution in [3.05, 3.63) is 54.4 Å². The molecule has 1 atom stereocenters. The number of ether oxygens (including phenoxy) is 1. The highest BCUT2D eigenvalue weighted by molar-refractivity contribution is 14.0. The number of methoxy groups -OCH3 is 1. The number of halogens is 1. The number of anilines is 1. The fraction of sp³-hybridized carbons (Fsp3) is 0.391. The number of aromatic nitrogens is 2. The topological polar surface area (TPSA) is 66.7 Å². The SMILES string of the molecule is CCNC(=NCc1nc2ccccc2n1C)NC1CCN(c2ccccc2OC)C1.I. The van der Waals surface area contributed by atoms with E-state index >= 15 is 0 Å². The van der Waals surface area contributed by atoms with Gasteiger partial charge in [-0.3, -0.25) is 0 Å². The van der Waals surface area contributed by atoms with Crippen LogP contribution in [0.1, 0.15) is 19.2 Å². The Morgan fingerprint density at radius 2 is 1.97 bits per heavy atom. The summed E-state index contributed by atoms with van der Waals surface area (Å²) in [4.78, 5) is 11.9. The van der Waals surface area contributed by atoms with Gasteiger partial charge in [-0.2, -0.15) is 0 Å². The number of guanidine groups is 1. The van der Waals surface area contributed by atoms with E-state index in [2.05, 4.69) is 45.2 Å². The molecule has 2 N–H and O–H groups in total. The molecule has 0 radical (unpaired) electrons. The van der Waals surface area contributed by atoms with E-state index in [1.54, 1.807) is 7.11 Å². The molecule has 0 saturated carbocycles. The van der Waals surface area contributed by atoms with Gasteiger partial charge in [0.15, 0.2) is 5.96 Å². The summed E-state index contributed by atoms with van der Waals surface area (Å²) in [6.45, 7) is 5.34. The van der Waals surface area contributed by atoms with Crippen molar-refractivity contribution < 1.29 is 4.74 Å². The maximum absolute atomic E-state index is 5.53. The molecule has 4 rings (SSSR count). The second-order valence-electron chi connectivity index (χ2n) is 7.52. The second-order valence-corrected chi connectivity index (χ2v) is 7.52. The number of rotatable bonds is 6. The molecule has 2 aromatic carbocycles. The van der Waals surface area contributed by atoms with Gasteiger partial charge in [0.05, 0.1) is 23.8 Å². The molecule has 1 aliphatic heterocycles. The lowest BCUT2D eigenvalue weighted by Crippen LogP contribution is -2.44. The van der Waals surface area contributed by atoms with Gasteiger partial charge in [-0.25, -0.2) is 9.98 Å². The summed E-state index contributed by atoms with van der Waals surface area (Å²) in [7, 11) is 3.77. The van der Waals surface area contributed by atoms with Gasteiger partial charge in [0.25, 0.3) is 0 Å². The summed E-state index contributed by atoms with van der Waals surface area (Å²) in [5, 5.41) is 6.97. The van der Waals surface area contributed by atoms with Gasteiger partial charge in [-0.05, 0) is 37.6 Å². The van der Waals surface area contributed by atoms with Crippen molar-refractivity contribution in [1.29, 1.82) is 0 Å². The Bertz CT molecular complexity index is 1030. The van der Waals surface area contributed by atoms with E-state index in [1.807, 2.05) is 37.4 Å². The minimum absolute atomic E-state index is 0. The zero-order valence-corrected chi connectivity index (χ0v) is 20.7. The average Bonchev–Trinajstić information content (AvgIpc) is 3.37. The number of benzene rings is 2. The number of nitrogens with one attached hydrogen (secondary N) is 2. The van der Waals surface area contributed by atoms with Gasteiger partial charge in [0.2, 0.25) is 0 Å². The Morgan fingerprint density at radius 3 is 2.74 bits per heavy atom. The molecule has 8 heteroatoms. The number of para-hydroxylation sites is 4. The number of fused-ring (bicyclic) bond motifs is 1. The van der Waals surface area contributed by atoms with E-state index in [1.165, 1.54) is 0 Å². The van der Waals surface area contributed by atoms with E-state index in [4.69, 9.17) is 14.7 Å². The first-order valence-corrected chi connectivity index (χ1v) is 10.5. The van der Waals surface area contributed by atoms with E-state index in [-0.39, 0.29) is 24.0 Å². The van der Waals surface area contributed by atoms with Gasteiger partial charge in [0.1, 0.15) is 18.1 Å². The molecule has 7 nitrogen and oxygen atoms in total. The van der Waals surface area contributed by atoms with Crippen LogP contribution in [0.5, 0.6) is 5.75 Å². The number of aliphatic imine (C=N–C) groups is 1. The van der Waals surface area contributed by atoms with Crippen LogP contribution in [0.4, 0.5) is 5.69 Å². The molecule has 1 saturated heterocycles. The molecule has 0 spiro atoms. The molecular weight excluding hydrogens is 503 g/mol. The van der Waals surface area contributed by atoms with Crippen LogP contribution in [0.25, 0.3) is 11.0 Å². The minimum Gasteiger partial charge on any atom is -0.495 e. The number of aryl methyl sites for hydroxylation is 1. The summed E-state index contributed by atoms with van der Waals surface area (Å²) in [5.41, 5.74) is 3.28. The lowest BCUT2D eigenvalue weighted by Gasteiger charge is -2.22. The monoisotopic (exact) mass is 534 g/mol. The van der Waals surface area contributed by atoms with Crippen LogP contribution in [0, 0.1) is 0 Å². The van der Waals surface area contributed by atoms with Crippen LogP contribution >= 0.6 is 24.0 Å². The number of nitrogens with zero attached hydrogens (tertiary/aromatic N) is 4. The normalized spacial score (nSPS) is 16.3. The zero-order valence-electron chi connectivity index (χ0n) is 18.3. The van der Waals surface area contributed by atoms with E-state index in [9.17, 15) is 0 Å². The van der Waals surface area contributed by atoms with Crippen molar-refractivity contribution in [2.24, 2.45) is 12.0 Å². The minimum atomic E-state index is 0. The Kier molecular flexibility index (Phi) is 8.00. The molecule has 1 fully saturated rings. The van der Waals surface area contributed by atoms with Gasteiger partial charge in [-0.15, -0.1) is 24.0 Å². The van der Waals surface area contributed by atoms with Gasteiger partial charge in [-0.1, -0.05) is 24.3 Å². The van der Waals surface area contributed by atoms with E-state index < -0.39 is 0 Å². The highest BCUT2D eigenvalue weighted by Crippen LogP contribution is 2.30. The Morgan fingerprint density at radius 1 is 1.19 bits per heavy atom. The first-order chi connectivity index (χ1) is 14.7. The number of hydrogen-bond acceptors (Lipinski definition) is 4. The molecule has 1 aromatic heterocycles. The summed E-state index contributed by atoms with van der Waals surface area (Å²) >= 11 is 0. The van der Waals surface area contributed by atoms with E-state index in [0.717, 1.165) is 60.3 Å². The summed E-state index contributed by atoms with van der Waals surface area (Å²) in [5.74, 6) is 2.70. The third kappa shape index (κ3) is 5.23. The molecule has 1 aliphatic rings. The lowest BCUT2D eigenvalue weighted by atomic mass is 10.2. The van der Waals surface area contributed by atoms with Gasteiger partial charge >= 0.3 is 0 Å². The predicted octanol–water partition coefficient (Wildman–Crippen LogP) is 3.53.